The molecule has 0 aliphatic carbocycles. The minimum Gasteiger partial charge on any atom is -0.495 e. The molecule has 3 rings (SSSR count). The van der Waals surface area contributed by atoms with Crippen molar-refractivity contribution >= 4 is 21.6 Å². The van der Waals surface area contributed by atoms with Gasteiger partial charge in [0.15, 0.2) is 5.76 Å². The van der Waals surface area contributed by atoms with Crippen LogP contribution in [0.2, 0.25) is 0 Å². The molecule has 1 aliphatic heterocycles. The van der Waals surface area contributed by atoms with Crippen molar-refractivity contribution in [3.63, 3.8) is 0 Å². The Labute approximate surface area is 164 Å². The lowest BCUT2D eigenvalue weighted by molar-refractivity contribution is -0.120. The molecule has 9 heteroatoms. The van der Waals surface area contributed by atoms with Crippen molar-refractivity contribution in [2.45, 2.75) is 38.5 Å². The highest BCUT2D eigenvalue weighted by Gasteiger charge is 2.36. The lowest BCUT2D eigenvalue weighted by Crippen LogP contribution is -2.43. The monoisotopic (exact) mass is 407 g/mol. The Morgan fingerprint density at radius 1 is 1.32 bits per heavy atom. The summed E-state index contributed by atoms with van der Waals surface area (Å²) in [5.41, 5.74) is 1.90. The van der Waals surface area contributed by atoms with Gasteiger partial charge >= 0.3 is 0 Å². The van der Waals surface area contributed by atoms with E-state index in [-0.39, 0.29) is 23.1 Å². The van der Waals surface area contributed by atoms with E-state index in [2.05, 4.69) is 10.5 Å². The number of piperidine rings is 1. The van der Waals surface area contributed by atoms with E-state index in [1.54, 1.807) is 27.0 Å². The number of rotatable bonds is 5. The van der Waals surface area contributed by atoms with Crippen LogP contribution in [0.5, 0.6) is 5.75 Å². The van der Waals surface area contributed by atoms with Crippen molar-refractivity contribution in [3.8, 4) is 5.75 Å². The number of carbonyl (C=O) groups excluding carboxylic acids is 1. The highest BCUT2D eigenvalue weighted by Crippen LogP contribution is 2.30. The first kappa shape index (κ1) is 20.3. The van der Waals surface area contributed by atoms with E-state index < -0.39 is 15.9 Å². The molecule has 1 N–H and O–H groups in total. The minimum atomic E-state index is -3.77. The molecule has 1 amide bonds. The van der Waals surface area contributed by atoms with Crippen LogP contribution in [0.3, 0.4) is 0 Å². The molecule has 1 unspecified atom stereocenters. The van der Waals surface area contributed by atoms with Crippen LogP contribution in [0.25, 0.3) is 0 Å². The number of anilines is 1. The smallest absolute Gasteiger partial charge is 0.248 e. The number of nitrogens with one attached hydrogen (secondary N) is 1. The molecule has 0 radical (unpaired) electrons. The predicted octanol–water partition coefficient (Wildman–Crippen LogP) is 2.65. The lowest BCUT2D eigenvalue weighted by Gasteiger charge is -2.31. The molecule has 152 valence electrons. The molecule has 0 saturated carbocycles. The zero-order valence-corrected chi connectivity index (χ0v) is 17.3. The van der Waals surface area contributed by atoms with Gasteiger partial charge in [-0.1, -0.05) is 11.2 Å². The van der Waals surface area contributed by atoms with Crippen LogP contribution < -0.4 is 10.1 Å². The first-order valence-corrected chi connectivity index (χ1v) is 10.6. The van der Waals surface area contributed by atoms with Gasteiger partial charge in [-0.3, -0.25) is 4.79 Å². The number of aryl methyl sites for hydroxylation is 3. The summed E-state index contributed by atoms with van der Waals surface area (Å²) in [5, 5.41) is 6.63. The lowest BCUT2D eigenvalue weighted by atomic mass is 9.98. The summed E-state index contributed by atoms with van der Waals surface area (Å²) >= 11 is 0. The molecule has 1 fully saturated rings. The molecule has 2 aromatic rings. The summed E-state index contributed by atoms with van der Waals surface area (Å²) in [6.45, 7) is 5.58. The van der Waals surface area contributed by atoms with Crippen molar-refractivity contribution in [2.75, 3.05) is 25.5 Å². The normalized spacial score (nSPS) is 18.1. The Bertz CT molecular complexity index is 964. The number of methoxy groups -OCH3 is 1. The van der Waals surface area contributed by atoms with E-state index in [0.717, 1.165) is 5.56 Å². The fraction of sp³-hybridized carbons (Fsp3) is 0.474. The fourth-order valence-electron chi connectivity index (χ4n) is 3.50. The molecule has 1 aromatic heterocycles. The van der Waals surface area contributed by atoms with E-state index in [0.29, 0.717) is 36.5 Å². The Kier molecular flexibility index (Phi) is 5.76. The summed E-state index contributed by atoms with van der Waals surface area (Å²) in [4.78, 5) is 12.9. The number of nitrogens with zero attached hydrogens (tertiary/aromatic N) is 2. The van der Waals surface area contributed by atoms with Crippen LogP contribution in [0.4, 0.5) is 5.69 Å². The Morgan fingerprint density at radius 2 is 2.07 bits per heavy atom. The molecule has 2 heterocycles. The Morgan fingerprint density at radius 3 is 2.71 bits per heavy atom. The number of sulfonamides is 1. The molecule has 1 saturated heterocycles. The highest BCUT2D eigenvalue weighted by atomic mass is 32.2. The molecule has 1 aliphatic rings. The molecule has 28 heavy (non-hydrogen) atoms. The number of hydrogen-bond donors (Lipinski definition) is 1. The predicted molar refractivity (Wildman–Crippen MR) is 104 cm³/mol. The average molecular weight is 407 g/mol. The van der Waals surface area contributed by atoms with Gasteiger partial charge in [0, 0.05) is 13.1 Å². The van der Waals surface area contributed by atoms with E-state index in [1.807, 2.05) is 19.1 Å². The van der Waals surface area contributed by atoms with Gasteiger partial charge < -0.3 is 14.6 Å². The second-order valence-corrected chi connectivity index (χ2v) is 8.92. The Balaban J connectivity index is 1.78. The van der Waals surface area contributed by atoms with Gasteiger partial charge in [0.1, 0.15) is 16.3 Å². The third-order valence-corrected chi connectivity index (χ3v) is 7.04. The van der Waals surface area contributed by atoms with Gasteiger partial charge in [-0.05, 0) is 51.3 Å². The topological polar surface area (TPSA) is 102 Å². The summed E-state index contributed by atoms with van der Waals surface area (Å²) in [5.74, 6) is 0.153. The molecule has 0 bridgehead atoms. The van der Waals surface area contributed by atoms with Crippen LogP contribution in [-0.4, -0.2) is 44.0 Å². The second kappa shape index (κ2) is 7.92. The number of carbonyl (C=O) groups is 1. The van der Waals surface area contributed by atoms with Crippen molar-refractivity contribution in [1.82, 2.24) is 9.46 Å². The third kappa shape index (κ3) is 3.90. The summed E-state index contributed by atoms with van der Waals surface area (Å²) in [6.07, 6.45) is 1.22. The average Bonchev–Trinajstić information content (AvgIpc) is 3.01. The van der Waals surface area contributed by atoms with E-state index in [1.165, 1.54) is 4.31 Å². The SMILES string of the molecule is COc1ccc(C)cc1NC(=O)C1CCCN(S(=O)(=O)c2c(C)noc2C)C1. The van der Waals surface area contributed by atoms with E-state index in [9.17, 15) is 13.2 Å². The number of hydrogen-bond acceptors (Lipinski definition) is 6. The first-order valence-electron chi connectivity index (χ1n) is 9.12. The number of aromatic nitrogens is 1. The van der Waals surface area contributed by atoms with Crippen molar-refractivity contribution in [2.24, 2.45) is 5.92 Å². The summed E-state index contributed by atoms with van der Waals surface area (Å²) in [7, 11) is -2.23. The first-order chi connectivity index (χ1) is 13.2. The molecule has 8 nitrogen and oxygen atoms in total. The van der Waals surface area contributed by atoms with Crippen molar-refractivity contribution in [1.29, 1.82) is 0 Å². The maximum Gasteiger partial charge on any atom is 0.248 e. The zero-order valence-electron chi connectivity index (χ0n) is 16.5. The Hall–Kier alpha value is -2.39. The largest absolute Gasteiger partial charge is 0.495 e. The van der Waals surface area contributed by atoms with Crippen LogP contribution >= 0.6 is 0 Å². The standard InChI is InChI=1S/C19H25N3O5S/c1-12-7-8-17(26-4)16(10-12)20-19(23)15-6-5-9-22(11-15)28(24,25)18-13(2)21-27-14(18)3/h7-8,10,15H,5-6,9,11H2,1-4H3,(H,20,23). The summed E-state index contributed by atoms with van der Waals surface area (Å²) < 4.78 is 37.7. The maximum atomic E-state index is 13.0. The number of benzene rings is 1. The van der Waals surface area contributed by atoms with Gasteiger partial charge in [0.05, 0.1) is 18.7 Å². The van der Waals surface area contributed by atoms with Gasteiger partial charge in [-0.15, -0.1) is 0 Å². The highest BCUT2D eigenvalue weighted by molar-refractivity contribution is 7.89. The summed E-state index contributed by atoms with van der Waals surface area (Å²) in [6, 6.07) is 5.52. The van der Waals surface area contributed by atoms with Crippen molar-refractivity contribution < 1.29 is 22.5 Å². The van der Waals surface area contributed by atoms with E-state index >= 15 is 0 Å². The van der Waals surface area contributed by atoms with E-state index in [4.69, 9.17) is 9.26 Å². The number of amides is 1. The van der Waals surface area contributed by atoms with Crippen LogP contribution in [0.1, 0.15) is 29.9 Å². The molecular formula is C19H25N3O5S. The molecule has 0 spiro atoms. The molecular weight excluding hydrogens is 382 g/mol. The van der Waals surface area contributed by atoms with Gasteiger partial charge in [-0.2, -0.15) is 4.31 Å². The van der Waals surface area contributed by atoms with Crippen LogP contribution in [-0.2, 0) is 14.8 Å². The van der Waals surface area contributed by atoms with Gasteiger partial charge in [-0.25, -0.2) is 8.42 Å². The third-order valence-electron chi connectivity index (χ3n) is 4.93. The maximum absolute atomic E-state index is 13.0. The fourth-order valence-corrected chi connectivity index (χ4v) is 5.32. The van der Waals surface area contributed by atoms with Gasteiger partial charge in [0.25, 0.3) is 0 Å². The quantitative estimate of drug-likeness (QED) is 0.818. The van der Waals surface area contributed by atoms with Crippen molar-refractivity contribution in [3.05, 3.63) is 35.2 Å². The second-order valence-electron chi connectivity index (χ2n) is 7.05. The van der Waals surface area contributed by atoms with Crippen LogP contribution in [0.15, 0.2) is 27.6 Å². The molecule has 1 atom stereocenters. The van der Waals surface area contributed by atoms with Crippen LogP contribution in [0, 0.1) is 26.7 Å². The molecule has 1 aromatic carbocycles. The zero-order chi connectivity index (χ0) is 20.5. The number of ether oxygens (including phenoxy) is 1. The minimum absolute atomic E-state index is 0.0916. The van der Waals surface area contributed by atoms with Gasteiger partial charge in [0.2, 0.25) is 15.9 Å².